The molecule has 0 heterocycles. The smallest absolute Gasteiger partial charge is 0.165 e. The maximum absolute atomic E-state index is 14.0. The summed E-state index contributed by atoms with van der Waals surface area (Å²) in [6, 6.07) is 22.2. The molecule has 1 atom stereocenters. The molecule has 1 aliphatic carbocycles. The summed E-state index contributed by atoms with van der Waals surface area (Å²) in [4.78, 5) is 0. The third-order valence-electron chi connectivity index (χ3n) is 5.49. The molecule has 0 saturated carbocycles. The minimum atomic E-state index is -0.311. The van der Waals surface area contributed by atoms with Crippen LogP contribution in [0.2, 0.25) is 0 Å². The normalized spacial score (nSPS) is 16.4. The quantitative estimate of drug-likeness (QED) is 0.323. The Balaban J connectivity index is 1.50. The van der Waals surface area contributed by atoms with Gasteiger partial charge in [-0.05, 0) is 63.7 Å². The van der Waals surface area contributed by atoms with E-state index in [-0.39, 0.29) is 11.9 Å². The van der Waals surface area contributed by atoms with Gasteiger partial charge >= 0.3 is 0 Å². The van der Waals surface area contributed by atoms with Gasteiger partial charge in [-0.2, -0.15) is 0 Å². The zero-order valence-corrected chi connectivity index (χ0v) is 16.3. The molecular formula is C24H18BrFO. The number of rotatable bonds is 2. The zero-order chi connectivity index (χ0) is 18.4. The van der Waals surface area contributed by atoms with Crippen molar-refractivity contribution in [2.45, 2.75) is 25.4 Å². The summed E-state index contributed by atoms with van der Waals surface area (Å²) in [6.07, 6.45) is 2.65. The molecule has 0 N–H and O–H groups in total. The fourth-order valence-corrected chi connectivity index (χ4v) is 4.52. The Kier molecular flexibility index (Phi) is 4.13. The van der Waals surface area contributed by atoms with Gasteiger partial charge in [0.15, 0.2) is 11.6 Å². The van der Waals surface area contributed by atoms with Gasteiger partial charge in [0.1, 0.15) is 6.10 Å². The van der Waals surface area contributed by atoms with E-state index >= 15 is 0 Å². The van der Waals surface area contributed by atoms with Gasteiger partial charge in [0.05, 0.1) is 0 Å². The van der Waals surface area contributed by atoms with Crippen LogP contribution in [0.25, 0.3) is 21.5 Å². The van der Waals surface area contributed by atoms with Crippen LogP contribution in [0.5, 0.6) is 5.75 Å². The monoisotopic (exact) mass is 420 g/mol. The van der Waals surface area contributed by atoms with Crippen LogP contribution in [0.4, 0.5) is 4.39 Å². The van der Waals surface area contributed by atoms with Crippen LogP contribution in [0, 0.1) is 5.82 Å². The first-order chi connectivity index (χ1) is 13.2. The van der Waals surface area contributed by atoms with Crippen molar-refractivity contribution < 1.29 is 9.13 Å². The van der Waals surface area contributed by atoms with E-state index in [1.54, 1.807) is 12.1 Å². The van der Waals surface area contributed by atoms with Crippen LogP contribution >= 0.6 is 15.9 Å². The summed E-state index contributed by atoms with van der Waals surface area (Å²) in [5.74, 6) is 0.0126. The Morgan fingerprint density at radius 1 is 0.889 bits per heavy atom. The van der Waals surface area contributed by atoms with Gasteiger partial charge in [0.2, 0.25) is 0 Å². The lowest BCUT2D eigenvalue weighted by Gasteiger charge is -2.27. The molecule has 0 aromatic heterocycles. The van der Waals surface area contributed by atoms with E-state index in [2.05, 4.69) is 64.5 Å². The molecule has 4 aromatic carbocycles. The van der Waals surface area contributed by atoms with Crippen molar-refractivity contribution >= 4 is 37.5 Å². The summed E-state index contributed by atoms with van der Waals surface area (Å²) in [7, 11) is 0. The number of aryl methyl sites for hydroxylation is 1. The fraction of sp³-hybridized carbons (Fsp3) is 0.167. The molecule has 0 saturated heterocycles. The maximum atomic E-state index is 14.0. The van der Waals surface area contributed by atoms with Gasteiger partial charge in [0, 0.05) is 10.9 Å². The molecule has 134 valence electrons. The van der Waals surface area contributed by atoms with Gasteiger partial charge in [0.25, 0.3) is 0 Å². The first-order valence-electron chi connectivity index (χ1n) is 9.23. The molecule has 1 nitrogen and oxygen atoms in total. The van der Waals surface area contributed by atoms with Crippen LogP contribution in [0.3, 0.4) is 0 Å². The second-order valence-electron chi connectivity index (χ2n) is 7.14. The molecular weight excluding hydrogens is 403 g/mol. The summed E-state index contributed by atoms with van der Waals surface area (Å²) < 4.78 is 20.9. The van der Waals surface area contributed by atoms with Crippen LogP contribution < -0.4 is 4.74 Å². The van der Waals surface area contributed by atoms with E-state index in [1.165, 1.54) is 38.7 Å². The third-order valence-corrected chi connectivity index (χ3v) is 5.98. The number of benzene rings is 4. The van der Waals surface area contributed by atoms with Gasteiger partial charge in [-0.1, -0.05) is 64.5 Å². The Morgan fingerprint density at radius 2 is 1.74 bits per heavy atom. The van der Waals surface area contributed by atoms with Crippen molar-refractivity contribution in [3.63, 3.8) is 0 Å². The highest BCUT2D eigenvalue weighted by Crippen LogP contribution is 2.34. The predicted molar refractivity (Wildman–Crippen MR) is 112 cm³/mol. The highest BCUT2D eigenvalue weighted by molar-refractivity contribution is 9.10. The molecule has 27 heavy (non-hydrogen) atoms. The average Bonchev–Trinajstić information content (AvgIpc) is 2.70. The number of fused-ring (bicyclic) bond motifs is 5. The van der Waals surface area contributed by atoms with Gasteiger partial charge in [-0.25, -0.2) is 4.39 Å². The van der Waals surface area contributed by atoms with Gasteiger partial charge < -0.3 is 4.74 Å². The van der Waals surface area contributed by atoms with E-state index in [4.69, 9.17) is 4.74 Å². The summed E-state index contributed by atoms with van der Waals surface area (Å²) >= 11 is 3.39. The highest BCUT2D eigenvalue weighted by atomic mass is 79.9. The summed E-state index contributed by atoms with van der Waals surface area (Å²) in [6.45, 7) is 0. The molecule has 0 fully saturated rings. The predicted octanol–water partition coefficient (Wildman–Crippen LogP) is 6.83. The Hall–Kier alpha value is -2.39. The van der Waals surface area contributed by atoms with E-state index < -0.39 is 0 Å². The third kappa shape index (κ3) is 3.00. The minimum absolute atomic E-state index is 0.000735. The molecule has 5 rings (SSSR count). The molecule has 0 bridgehead atoms. The number of halogens is 2. The molecule has 0 spiro atoms. The largest absolute Gasteiger partial charge is 0.487 e. The highest BCUT2D eigenvalue weighted by Gasteiger charge is 2.23. The minimum Gasteiger partial charge on any atom is -0.487 e. The second kappa shape index (κ2) is 6.65. The first kappa shape index (κ1) is 16.8. The van der Waals surface area contributed by atoms with Crippen molar-refractivity contribution in [1.82, 2.24) is 0 Å². The van der Waals surface area contributed by atoms with Gasteiger partial charge in [-0.15, -0.1) is 0 Å². The molecule has 3 heteroatoms. The standard InChI is InChI=1S/C24H18BrFO/c25-17-7-12-23(26)24(14-17)27-18-8-11-20-16(13-18)6-10-21-19-4-2-1-3-15(19)5-9-22(20)21/h1-7,9-10,12,14,18H,8,11,13H2. The van der Waals surface area contributed by atoms with Crippen LogP contribution in [0.15, 0.2) is 71.2 Å². The number of hydrogen-bond acceptors (Lipinski definition) is 1. The Labute approximate surface area is 165 Å². The average molecular weight is 421 g/mol. The first-order valence-corrected chi connectivity index (χ1v) is 10.0. The van der Waals surface area contributed by atoms with Crippen molar-refractivity contribution in [3.8, 4) is 5.75 Å². The molecule has 0 radical (unpaired) electrons. The van der Waals surface area contributed by atoms with Crippen LogP contribution in [-0.4, -0.2) is 6.10 Å². The van der Waals surface area contributed by atoms with Gasteiger partial charge in [-0.3, -0.25) is 0 Å². The fourth-order valence-electron chi connectivity index (χ4n) is 4.18. The van der Waals surface area contributed by atoms with Crippen molar-refractivity contribution in [2.75, 3.05) is 0 Å². The number of hydrogen-bond donors (Lipinski definition) is 0. The van der Waals surface area contributed by atoms with E-state index in [1.807, 2.05) is 0 Å². The molecule has 4 aromatic rings. The van der Waals surface area contributed by atoms with Crippen molar-refractivity contribution in [2.24, 2.45) is 0 Å². The van der Waals surface area contributed by atoms with E-state index in [0.717, 1.165) is 23.7 Å². The van der Waals surface area contributed by atoms with Crippen LogP contribution in [-0.2, 0) is 12.8 Å². The lowest BCUT2D eigenvalue weighted by Crippen LogP contribution is -2.25. The Morgan fingerprint density at radius 3 is 2.67 bits per heavy atom. The lowest BCUT2D eigenvalue weighted by molar-refractivity contribution is 0.177. The van der Waals surface area contributed by atoms with Crippen molar-refractivity contribution in [1.29, 1.82) is 0 Å². The SMILES string of the molecule is Fc1ccc(Br)cc1OC1CCc2c(ccc3c2ccc2ccccc23)C1. The maximum Gasteiger partial charge on any atom is 0.165 e. The summed E-state index contributed by atoms with van der Waals surface area (Å²) in [5, 5.41) is 5.21. The molecule has 1 aliphatic rings. The summed E-state index contributed by atoms with van der Waals surface area (Å²) in [5.41, 5.74) is 2.72. The van der Waals surface area contributed by atoms with Crippen molar-refractivity contribution in [3.05, 3.63) is 88.1 Å². The molecule has 0 aliphatic heterocycles. The van der Waals surface area contributed by atoms with E-state index in [9.17, 15) is 4.39 Å². The Bertz CT molecular complexity index is 1170. The number of ether oxygens (including phenoxy) is 1. The molecule has 1 unspecified atom stereocenters. The topological polar surface area (TPSA) is 9.23 Å². The lowest BCUT2D eigenvalue weighted by atomic mass is 9.85. The molecule has 0 amide bonds. The second-order valence-corrected chi connectivity index (χ2v) is 8.06. The zero-order valence-electron chi connectivity index (χ0n) is 14.7. The van der Waals surface area contributed by atoms with E-state index in [0.29, 0.717) is 5.75 Å². The van der Waals surface area contributed by atoms with Crippen LogP contribution in [0.1, 0.15) is 17.5 Å².